The van der Waals surface area contributed by atoms with E-state index in [1.165, 1.54) is 70.6 Å². The van der Waals surface area contributed by atoms with Crippen LogP contribution in [-0.2, 0) is 4.79 Å². The number of likely N-dealkylation sites (tertiary alicyclic amines) is 1. The van der Waals surface area contributed by atoms with Crippen LogP contribution in [0.5, 0.6) is 0 Å². The van der Waals surface area contributed by atoms with Crippen molar-refractivity contribution in [2.45, 2.75) is 135 Å². The van der Waals surface area contributed by atoms with E-state index in [2.05, 4.69) is 30.1 Å². The molecule has 260 valence electrons. The number of unbranched alkanes of at least 4 members (excludes halogenated alkanes) is 11. The molecule has 0 unspecified atom stereocenters. The second-order valence-corrected chi connectivity index (χ2v) is 13.9. The van der Waals surface area contributed by atoms with Crippen LogP contribution in [-0.4, -0.2) is 59.9 Å². The Morgan fingerprint density at radius 2 is 1.57 bits per heavy atom. The highest BCUT2D eigenvalue weighted by molar-refractivity contribution is 5.76. The van der Waals surface area contributed by atoms with Crippen molar-refractivity contribution in [3.63, 3.8) is 0 Å². The van der Waals surface area contributed by atoms with E-state index in [0.717, 1.165) is 55.7 Å². The summed E-state index contributed by atoms with van der Waals surface area (Å²) in [6.07, 6.45) is 25.0. The number of hydrogen-bond acceptors (Lipinski definition) is 5. The predicted octanol–water partition coefficient (Wildman–Crippen LogP) is 10.1. The molecule has 0 aliphatic carbocycles. The molecular formula is C39H59F2N5O. The largest absolute Gasteiger partial charge is 0.350 e. The number of aryl methyl sites for hydroxylation is 1. The highest BCUT2D eigenvalue weighted by Gasteiger charge is 2.39. The second kappa shape index (κ2) is 19.1. The van der Waals surface area contributed by atoms with Crippen molar-refractivity contribution < 1.29 is 13.6 Å². The molecule has 2 aromatic rings. The molecule has 0 spiro atoms. The van der Waals surface area contributed by atoms with Crippen LogP contribution in [0.15, 0.2) is 42.6 Å². The monoisotopic (exact) mass is 651 g/mol. The molecule has 0 radical (unpaired) electrons. The zero-order valence-corrected chi connectivity index (χ0v) is 29.4. The summed E-state index contributed by atoms with van der Waals surface area (Å²) in [4.78, 5) is 28.0. The molecule has 4 rings (SSSR count). The summed E-state index contributed by atoms with van der Waals surface area (Å²) in [7, 11) is 1.92. The Morgan fingerprint density at radius 1 is 0.915 bits per heavy atom. The molecule has 0 atom stereocenters. The first-order valence-corrected chi connectivity index (χ1v) is 18.5. The van der Waals surface area contributed by atoms with Gasteiger partial charge < -0.3 is 14.7 Å². The molecule has 2 fully saturated rings. The second-order valence-electron chi connectivity index (χ2n) is 13.9. The number of hydrogen-bond donors (Lipinski definition) is 0. The minimum Gasteiger partial charge on any atom is -0.350 e. The van der Waals surface area contributed by atoms with Gasteiger partial charge in [0.25, 0.3) is 5.92 Å². The smallest absolute Gasteiger partial charge is 0.266 e. The zero-order valence-electron chi connectivity index (χ0n) is 29.4. The Morgan fingerprint density at radius 3 is 2.21 bits per heavy atom. The van der Waals surface area contributed by atoms with E-state index in [0.29, 0.717) is 24.6 Å². The molecule has 47 heavy (non-hydrogen) atoms. The number of carbonyl (C=O) groups is 1. The van der Waals surface area contributed by atoms with Gasteiger partial charge in [-0.15, -0.1) is 0 Å². The molecule has 0 aromatic carbocycles. The minimum atomic E-state index is -2.70. The van der Waals surface area contributed by atoms with Gasteiger partial charge in [-0.3, -0.25) is 4.79 Å². The number of allylic oxidation sites excluding steroid dienone is 2. The van der Waals surface area contributed by atoms with E-state index in [-0.39, 0.29) is 24.8 Å². The Labute approximate surface area is 283 Å². The average molecular weight is 652 g/mol. The standard InChI is InChI=1S/C39H59F2N5O/c1-4-5-6-7-8-9-10-11-12-13-14-15-16-17-18-19-38(47)45-25-21-33(22-26-45)34-29-36(44(3)35-28-32(2)20-24-42-35)43-37(30-34)46-27-23-39(40,41)31-46/h11-12,20,24,28-30,33H,4-10,13-19,21-23,25-27,31H2,1-3H3/b12-11+. The van der Waals surface area contributed by atoms with E-state index in [4.69, 9.17) is 4.98 Å². The molecule has 2 aliphatic rings. The summed E-state index contributed by atoms with van der Waals surface area (Å²) >= 11 is 0. The first kappa shape index (κ1) is 36.8. The predicted molar refractivity (Wildman–Crippen MR) is 191 cm³/mol. The van der Waals surface area contributed by atoms with Crippen LogP contribution in [0.3, 0.4) is 0 Å². The van der Waals surface area contributed by atoms with Gasteiger partial charge in [0.05, 0.1) is 6.54 Å². The summed E-state index contributed by atoms with van der Waals surface area (Å²) in [6.45, 7) is 5.74. The number of rotatable bonds is 19. The van der Waals surface area contributed by atoms with Crippen LogP contribution in [0.4, 0.5) is 26.2 Å². The number of amides is 1. The highest BCUT2D eigenvalue weighted by Crippen LogP contribution is 2.36. The van der Waals surface area contributed by atoms with Crippen LogP contribution >= 0.6 is 0 Å². The van der Waals surface area contributed by atoms with E-state index >= 15 is 0 Å². The van der Waals surface area contributed by atoms with Gasteiger partial charge in [0.1, 0.15) is 17.5 Å². The molecule has 6 nitrogen and oxygen atoms in total. The summed E-state index contributed by atoms with van der Waals surface area (Å²) in [5.41, 5.74) is 2.19. The van der Waals surface area contributed by atoms with Gasteiger partial charge >= 0.3 is 0 Å². The number of halogens is 2. The number of nitrogens with zero attached hydrogens (tertiary/aromatic N) is 5. The SMILES string of the molecule is CCCCCCCC/C=C/CCCCCCCC(=O)N1CCC(c2cc(N3CCC(F)(F)C3)nc(N(C)c3cc(C)ccn3)c2)CC1. The lowest BCUT2D eigenvalue weighted by molar-refractivity contribution is -0.132. The maximum absolute atomic E-state index is 14.2. The fourth-order valence-corrected chi connectivity index (χ4v) is 6.81. The summed E-state index contributed by atoms with van der Waals surface area (Å²) in [6, 6.07) is 8.02. The van der Waals surface area contributed by atoms with Crippen molar-refractivity contribution in [2.24, 2.45) is 0 Å². The topological polar surface area (TPSA) is 52.6 Å². The van der Waals surface area contributed by atoms with Crippen LogP contribution in [0.2, 0.25) is 0 Å². The number of aromatic nitrogens is 2. The van der Waals surface area contributed by atoms with Crippen LogP contribution in [0.1, 0.15) is 133 Å². The molecule has 0 N–H and O–H groups in total. The molecule has 2 saturated heterocycles. The van der Waals surface area contributed by atoms with E-state index in [1.54, 1.807) is 11.1 Å². The van der Waals surface area contributed by atoms with Gasteiger partial charge in [-0.25, -0.2) is 18.7 Å². The van der Waals surface area contributed by atoms with Crippen molar-refractivity contribution in [3.05, 3.63) is 53.7 Å². The first-order valence-electron chi connectivity index (χ1n) is 18.5. The lowest BCUT2D eigenvalue weighted by Crippen LogP contribution is -2.37. The van der Waals surface area contributed by atoms with E-state index < -0.39 is 5.92 Å². The third-order valence-electron chi connectivity index (χ3n) is 9.87. The lowest BCUT2D eigenvalue weighted by Gasteiger charge is -2.33. The van der Waals surface area contributed by atoms with Crippen molar-refractivity contribution >= 4 is 23.4 Å². The average Bonchev–Trinajstić information content (AvgIpc) is 3.45. The zero-order chi connectivity index (χ0) is 33.5. The summed E-state index contributed by atoms with van der Waals surface area (Å²) < 4.78 is 28.3. The van der Waals surface area contributed by atoms with Crippen molar-refractivity contribution in [3.8, 4) is 0 Å². The molecule has 8 heteroatoms. The third kappa shape index (κ3) is 12.2. The maximum Gasteiger partial charge on any atom is 0.266 e. The summed E-state index contributed by atoms with van der Waals surface area (Å²) in [5.74, 6) is -0.116. The highest BCUT2D eigenvalue weighted by atomic mass is 19.3. The Bertz CT molecular complexity index is 1260. The fraction of sp³-hybridized carbons (Fsp3) is 0.667. The van der Waals surface area contributed by atoms with Crippen LogP contribution in [0, 0.1) is 6.92 Å². The van der Waals surface area contributed by atoms with Gasteiger partial charge in [-0.2, -0.15) is 0 Å². The van der Waals surface area contributed by atoms with Gasteiger partial charge in [-0.05, 0) is 93.2 Å². The molecule has 2 aromatic heterocycles. The van der Waals surface area contributed by atoms with Gasteiger partial charge in [0.2, 0.25) is 5.91 Å². The molecule has 0 saturated carbocycles. The normalized spacial score (nSPS) is 16.8. The summed E-state index contributed by atoms with van der Waals surface area (Å²) in [5, 5.41) is 0. The van der Waals surface area contributed by atoms with Gasteiger partial charge in [-0.1, -0.05) is 70.4 Å². The molecule has 4 heterocycles. The third-order valence-corrected chi connectivity index (χ3v) is 9.87. The number of carbonyl (C=O) groups excluding carboxylic acids is 1. The molecule has 2 aliphatic heterocycles. The number of pyridine rings is 2. The van der Waals surface area contributed by atoms with Crippen molar-refractivity contribution in [2.75, 3.05) is 43.0 Å². The number of alkyl halides is 2. The van der Waals surface area contributed by atoms with Crippen molar-refractivity contribution in [1.82, 2.24) is 14.9 Å². The molecular weight excluding hydrogens is 592 g/mol. The Hall–Kier alpha value is -3.03. The number of piperidine rings is 1. The lowest BCUT2D eigenvalue weighted by atomic mass is 9.89. The maximum atomic E-state index is 14.2. The quantitative estimate of drug-likeness (QED) is 0.112. The Balaban J connectivity index is 1.19. The van der Waals surface area contributed by atoms with E-state index in [1.807, 2.05) is 42.0 Å². The van der Waals surface area contributed by atoms with Crippen LogP contribution in [0.25, 0.3) is 0 Å². The molecule has 0 bridgehead atoms. The van der Waals surface area contributed by atoms with Gasteiger partial charge in [0, 0.05) is 45.7 Å². The minimum absolute atomic E-state index is 0.152. The fourth-order valence-electron chi connectivity index (χ4n) is 6.81. The number of anilines is 3. The van der Waals surface area contributed by atoms with Crippen molar-refractivity contribution in [1.29, 1.82) is 0 Å². The van der Waals surface area contributed by atoms with E-state index in [9.17, 15) is 13.6 Å². The molecule has 1 amide bonds. The van der Waals surface area contributed by atoms with Crippen LogP contribution < -0.4 is 9.80 Å². The van der Waals surface area contributed by atoms with Gasteiger partial charge in [0.15, 0.2) is 0 Å². The first-order chi connectivity index (χ1) is 22.8. The Kier molecular flexibility index (Phi) is 14.9.